The van der Waals surface area contributed by atoms with Crippen LogP contribution in [0.2, 0.25) is 0 Å². The molecule has 1 heterocycles. The van der Waals surface area contributed by atoms with Gasteiger partial charge in [-0.2, -0.15) is 0 Å². The molecular formula is C11H22N2. The van der Waals surface area contributed by atoms with Gasteiger partial charge in [-0.15, -0.1) is 6.58 Å². The van der Waals surface area contributed by atoms with Crippen molar-refractivity contribution in [2.24, 2.45) is 5.41 Å². The molecule has 2 nitrogen and oxygen atoms in total. The first-order valence-electron chi connectivity index (χ1n) is 5.10. The van der Waals surface area contributed by atoms with Crippen LogP contribution in [-0.4, -0.2) is 37.6 Å². The lowest BCUT2D eigenvalue weighted by Crippen LogP contribution is -2.53. The third-order valence-corrected chi connectivity index (χ3v) is 3.04. The number of nitrogens with zero attached hydrogens (tertiary/aromatic N) is 1. The van der Waals surface area contributed by atoms with Crippen molar-refractivity contribution in [1.29, 1.82) is 0 Å². The molecule has 0 aromatic rings. The maximum atomic E-state index is 3.78. The molecule has 0 aliphatic carbocycles. The van der Waals surface area contributed by atoms with Gasteiger partial charge in [-0.05, 0) is 25.4 Å². The van der Waals surface area contributed by atoms with Gasteiger partial charge in [0.05, 0.1) is 0 Å². The second-order valence-electron chi connectivity index (χ2n) is 4.64. The van der Waals surface area contributed by atoms with E-state index in [1.807, 2.05) is 6.08 Å². The molecule has 1 saturated heterocycles. The highest BCUT2D eigenvalue weighted by molar-refractivity contribution is 4.92. The topological polar surface area (TPSA) is 15.3 Å². The fourth-order valence-electron chi connectivity index (χ4n) is 2.34. The minimum Gasteiger partial charge on any atom is -0.316 e. The summed E-state index contributed by atoms with van der Waals surface area (Å²) in [6.07, 6.45) is 3.24. The fourth-order valence-corrected chi connectivity index (χ4v) is 2.34. The molecule has 0 amide bonds. The van der Waals surface area contributed by atoms with Crippen molar-refractivity contribution in [2.75, 3.05) is 26.7 Å². The van der Waals surface area contributed by atoms with Crippen LogP contribution in [0.25, 0.3) is 0 Å². The first-order chi connectivity index (χ1) is 6.10. The van der Waals surface area contributed by atoms with Crippen LogP contribution in [0.4, 0.5) is 0 Å². The van der Waals surface area contributed by atoms with Crippen LogP contribution in [0.5, 0.6) is 0 Å². The number of rotatable bonds is 3. The van der Waals surface area contributed by atoms with Crippen molar-refractivity contribution in [3.8, 4) is 0 Å². The molecule has 1 unspecified atom stereocenters. The number of likely N-dealkylation sites (tertiary alicyclic amines) is 1. The average molecular weight is 182 g/mol. The van der Waals surface area contributed by atoms with Crippen LogP contribution in [0.15, 0.2) is 12.7 Å². The highest BCUT2D eigenvalue weighted by Crippen LogP contribution is 2.28. The number of piperidine rings is 1. The number of hydrogen-bond donors (Lipinski definition) is 1. The molecule has 0 aromatic carbocycles. The monoisotopic (exact) mass is 182 g/mol. The molecule has 0 spiro atoms. The molecule has 1 aliphatic heterocycles. The van der Waals surface area contributed by atoms with Crippen molar-refractivity contribution in [3.63, 3.8) is 0 Å². The summed E-state index contributed by atoms with van der Waals surface area (Å²) >= 11 is 0. The van der Waals surface area contributed by atoms with Gasteiger partial charge < -0.3 is 5.32 Å². The minimum absolute atomic E-state index is 0.385. The van der Waals surface area contributed by atoms with Crippen LogP contribution in [0.3, 0.4) is 0 Å². The molecule has 0 radical (unpaired) electrons. The van der Waals surface area contributed by atoms with Crippen molar-refractivity contribution in [1.82, 2.24) is 10.2 Å². The second-order valence-corrected chi connectivity index (χ2v) is 4.64. The Bertz CT molecular complexity index is 175. The minimum atomic E-state index is 0.385. The van der Waals surface area contributed by atoms with Crippen molar-refractivity contribution in [3.05, 3.63) is 12.7 Å². The van der Waals surface area contributed by atoms with E-state index in [-0.39, 0.29) is 0 Å². The molecule has 0 aromatic heterocycles. The van der Waals surface area contributed by atoms with Gasteiger partial charge in [0.15, 0.2) is 0 Å². The lowest BCUT2D eigenvalue weighted by molar-refractivity contribution is 0.0904. The SMILES string of the molecule is C=CCN1CCC(NC)C(C)(C)C1. The van der Waals surface area contributed by atoms with E-state index in [1.165, 1.54) is 19.5 Å². The lowest BCUT2D eigenvalue weighted by Gasteiger charge is -2.44. The Morgan fingerprint density at radius 3 is 2.77 bits per heavy atom. The summed E-state index contributed by atoms with van der Waals surface area (Å²) in [6, 6.07) is 0.661. The predicted octanol–water partition coefficient (Wildman–Crippen LogP) is 1.49. The standard InChI is InChI=1S/C11H22N2/c1-5-7-13-8-6-10(12-4)11(2,3)9-13/h5,10,12H,1,6-9H2,2-4H3. The van der Waals surface area contributed by atoms with Crippen LogP contribution >= 0.6 is 0 Å². The molecule has 1 aliphatic rings. The summed E-state index contributed by atoms with van der Waals surface area (Å²) in [4.78, 5) is 2.47. The van der Waals surface area contributed by atoms with Gasteiger partial charge in [0.1, 0.15) is 0 Å². The summed E-state index contributed by atoms with van der Waals surface area (Å²) in [5.74, 6) is 0. The highest BCUT2D eigenvalue weighted by Gasteiger charge is 2.34. The van der Waals surface area contributed by atoms with Gasteiger partial charge in [-0.1, -0.05) is 19.9 Å². The Morgan fingerprint density at radius 2 is 2.31 bits per heavy atom. The average Bonchev–Trinajstić information content (AvgIpc) is 2.03. The van der Waals surface area contributed by atoms with Gasteiger partial charge in [0.25, 0.3) is 0 Å². The zero-order valence-electron chi connectivity index (χ0n) is 9.14. The molecule has 0 bridgehead atoms. The number of hydrogen-bond acceptors (Lipinski definition) is 2. The van der Waals surface area contributed by atoms with Crippen LogP contribution in [0.1, 0.15) is 20.3 Å². The molecular weight excluding hydrogens is 160 g/mol. The Balaban J connectivity index is 2.53. The Morgan fingerprint density at radius 1 is 1.62 bits per heavy atom. The van der Waals surface area contributed by atoms with Gasteiger partial charge in [-0.25, -0.2) is 0 Å². The lowest BCUT2D eigenvalue weighted by atomic mass is 9.79. The molecule has 13 heavy (non-hydrogen) atoms. The van der Waals surface area contributed by atoms with Crippen LogP contribution in [-0.2, 0) is 0 Å². The van der Waals surface area contributed by atoms with E-state index in [0.29, 0.717) is 11.5 Å². The molecule has 1 N–H and O–H groups in total. The normalized spacial score (nSPS) is 28.7. The summed E-state index contributed by atoms with van der Waals surface area (Å²) in [5, 5.41) is 3.40. The van der Waals surface area contributed by atoms with E-state index in [0.717, 1.165) is 6.54 Å². The third-order valence-electron chi connectivity index (χ3n) is 3.04. The molecule has 0 saturated carbocycles. The Kier molecular flexibility index (Phi) is 3.51. The first kappa shape index (κ1) is 10.7. The summed E-state index contributed by atoms with van der Waals surface area (Å²) in [6.45, 7) is 11.9. The fraction of sp³-hybridized carbons (Fsp3) is 0.818. The molecule has 1 atom stereocenters. The van der Waals surface area contributed by atoms with Crippen molar-refractivity contribution >= 4 is 0 Å². The van der Waals surface area contributed by atoms with Crippen molar-refractivity contribution < 1.29 is 0 Å². The molecule has 2 heteroatoms. The molecule has 76 valence electrons. The third kappa shape index (κ3) is 2.55. The van der Waals surface area contributed by atoms with Gasteiger partial charge in [-0.3, -0.25) is 4.90 Å². The van der Waals surface area contributed by atoms with E-state index >= 15 is 0 Å². The highest BCUT2D eigenvalue weighted by atomic mass is 15.2. The smallest absolute Gasteiger partial charge is 0.0160 e. The summed E-state index contributed by atoms with van der Waals surface area (Å²) < 4.78 is 0. The Labute approximate surface area is 82.0 Å². The zero-order chi connectivity index (χ0) is 9.90. The van der Waals surface area contributed by atoms with Crippen molar-refractivity contribution in [2.45, 2.75) is 26.3 Å². The van der Waals surface area contributed by atoms with E-state index in [2.05, 4.69) is 37.7 Å². The molecule has 1 fully saturated rings. The summed E-state index contributed by atoms with van der Waals surface area (Å²) in [7, 11) is 2.07. The summed E-state index contributed by atoms with van der Waals surface area (Å²) in [5.41, 5.74) is 0.385. The van der Waals surface area contributed by atoms with Gasteiger partial charge in [0.2, 0.25) is 0 Å². The first-order valence-corrected chi connectivity index (χ1v) is 5.10. The number of nitrogens with one attached hydrogen (secondary N) is 1. The quantitative estimate of drug-likeness (QED) is 0.665. The van der Waals surface area contributed by atoms with E-state index in [9.17, 15) is 0 Å². The van der Waals surface area contributed by atoms with Crippen LogP contribution < -0.4 is 5.32 Å². The molecule has 1 rings (SSSR count). The van der Waals surface area contributed by atoms with E-state index < -0.39 is 0 Å². The zero-order valence-corrected chi connectivity index (χ0v) is 9.14. The Hall–Kier alpha value is -0.340. The largest absolute Gasteiger partial charge is 0.316 e. The predicted molar refractivity (Wildman–Crippen MR) is 57.9 cm³/mol. The second kappa shape index (κ2) is 4.25. The van der Waals surface area contributed by atoms with Gasteiger partial charge >= 0.3 is 0 Å². The maximum absolute atomic E-state index is 3.78. The maximum Gasteiger partial charge on any atom is 0.0160 e. The van der Waals surface area contributed by atoms with Gasteiger partial charge in [0, 0.05) is 19.1 Å². The van der Waals surface area contributed by atoms with E-state index in [1.54, 1.807) is 0 Å². The van der Waals surface area contributed by atoms with Crippen LogP contribution in [0, 0.1) is 5.41 Å². The van der Waals surface area contributed by atoms with E-state index in [4.69, 9.17) is 0 Å².